The van der Waals surface area contributed by atoms with Crippen LogP contribution in [0.2, 0.25) is 0 Å². The van der Waals surface area contributed by atoms with Crippen LogP contribution >= 0.6 is 0 Å². The molecule has 2 aromatic carbocycles. The third-order valence-electron chi connectivity index (χ3n) is 4.30. The van der Waals surface area contributed by atoms with Gasteiger partial charge >= 0.3 is 5.97 Å². The van der Waals surface area contributed by atoms with Gasteiger partial charge < -0.3 is 14.8 Å². The van der Waals surface area contributed by atoms with E-state index in [1.165, 1.54) is 0 Å². The van der Waals surface area contributed by atoms with Gasteiger partial charge in [-0.15, -0.1) is 0 Å². The predicted molar refractivity (Wildman–Crippen MR) is 106 cm³/mol. The molecule has 0 bridgehead atoms. The average molecular weight is 369 g/mol. The van der Waals surface area contributed by atoms with Crippen molar-refractivity contribution in [1.82, 2.24) is 0 Å². The number of anilines is 1. The van der Waals surface area contributed by atoms with Crippen molar-refractivity contribution in [2.24, 2.45) is 0 Å². The first kappa shape index (κ1) is 20.5. The average Bonchev–Trinajstić information content (AvgIpc) is 2.68. The Morgan fingerprint density at radius 2 is 1.67 bits per heavy atom. The van der Waals surface area contributed by atoms with E-state index < -0.39 is 12.1 Å². The van der Waals surface area contributed by atoms with E-state index in [0.29, 0.717) is 11.3 Å². The molecule has 5 nitrogen and oxygen atoms in total. The standard InChI is InChI=1S/C22H27NO4/c1-5-15(3)26-22(25)16(4)27-19-13-11-18(12-14-19)21(24)23-20-10-8-7-9-17(20)6-2/h7-16H,5-6H2,1-4H3,(H,23,24)/t15-,16+/m1/s1. The van der Waals surface area contributed by atoms with Gasteiger partial charge in [0.1, 0.15) is 5.75 Å². The molecule has 0 saturated carbocycles. The molecule has 0 fully saturated rings. The fraction of sp³-hybridized carbons (Fsp3) is 0.364. The number of rotatable bonds is 8. The van der Waals surface area contributed by atoms with Crippen molar-refractivity contribution in [2.75, 3.05) is 5.32 Å². The maximum atomic E-state index is 12.5. The Kier molecular flexibility index (Phi) is 7.41. The minimum absolute atomic E-state index is 0.138. The van der Waals surface area contributed by atoms with Crippen LogP contribution in [0.4, 0.5) is 5.69 Å². The topological polar surface area (TPSA) is 64.6 Å². The summed E-state index contributed by atoms with van der Waals surface area (Å²) in [4.78, 5) is 24.4. The number of nitrogens with one attached hydrogen (secondary N) is 1. The number of amides is 1. The molecule has 1 N–H and O–H groups in total. The van der Waals surface area contributed by atoms with Crippen molar-refractivity contribution >= 4 is 17.6 Å². The lowest BCUT2D eigenvalue weighted by Gasteiger charge is -2.17. The van der Waals surface area contributed by atoms with Gasteiger partial charge in [0.25, 0.3) is 5.91 Å². The minimum atomic E-state index is -0.713. The summed E-state index contributed by atoms with van der Waals surface area (Å²) in [7, 11) is 0. The van der Waals surface area contributed by atoms with Gasteiger partial charge in [0.15, 0.2) is 6.10 Å². The molecule has 0 aliphatic carbocycles. The number of aryl methyl sites for hydroxylation is 1. The summed E-state index contributed by atoms with van der Waals surface area (Å²) < 4.78 is 10.9. The molecule has 0 heterocycles. The molecule has 0 aliphatic rings. The molecule has 0 aliphatic heterocycles. The van der Waals surface area contributed by atoms with Gasteiger partial charge in [0.2, 0.25) is 0 Å². The van der Waals surface area contributed by atoms with E-state index in [1.54, 1.807) is 31.2 Å². The van der Waals surface area contributed by atoms with Crippen LogP contribution in [0.1, 0.15) is 50.0 Å². The molecule has 27 heavy (non-hydrogen) atoms. The first-order valence-corrected chi connectivity index (χ1v) is 9.31. The number of benzene rings is 2. The lowest BCUT2D eigenvalue weighted by Crippen LogP contribution is -2.29. The highest BCUT2D eigenvalue weighted by molar-refractivity contribution is 6.04. The van der Waals surface area contributed by atoms with Gasteiger partial charge in [0.05, 0.1) is 6.10 Å². The largest absolute Gasteiger partial charge is 0.479 e. The first-order chi connectivity index (χ1) is 12.9. The second-order valence-corrected chi connectivity index (χ2v) is 6.41. The van der Waals surface area contributed by atoms with E-state index in [0.717, 1.165) is 24.1 Å². The van der Waals surface area contributed by atoms with E-state index in [1.807, 2.05) is 45.0 Å². The summed E-state index contributed by atoms with van der Waals surface area (Å²) in [6.07, 6.45) is 0.743. The van der Waals surface area contributed by atoms with Crippen LogP contribution in [0.15, 0.2) is 48.5 Å². The third-order valence-corrected chi connectivity index (χ3v) is 4.30. The van der Waals surface area contributed by atoms with Crippen LogP contribution in [0.3, 0.4) is 0 Å². The number of carbonyl (C=O) groups excluding carboxylic acids is 2. The number of esters is 1. The number of ether oxygens (including phenoxy) is 2. The van der Waals surface area contributed by atoms with Crippen molar-refractivity contribution in [2.45, 2.75) is 52.7 Å². The predicted octanol–water partition coefficient (Wildman–Crippen LogP) is 4.61. The first-order valence-electron chi connectivity index (χ1n) is 9.31. The summed E-state index contributed by atoms with van der Waals surface area (Å²) >= 11 is 0. The zero-order valence-corrected chi connectivity index (χ0v) is 16.3. The zero-order valence-electron chi connectivity index (χ0n) is 16.3. The monoisotopic (exact) mass is 369 g/mol. The number of hydrogen-bond donors (Lipinski definition) is 1. The highest BCUT2D eigenvalue weighted by Crippen LogP contribution is 2.19. The smallest absolute Gasteiger partial charge is 0.347 e. The Labute approximate surface area is 160 Å². The molecule has 2 rings (SSSR count). The minimum Gasteiger partial charge on any atom is -0.479 e. The Morgan fingerprint density at radius 1 is 1.00 bits per heavy atom. The molecule has 0 saturated heterocycles. The molecule has 5 heteroatoms. The van der Waals surface area contributed by atoms with Crippen molar-refractivity contribution in [3.63, 3.8) is 0 Å². The van der Waals surface area contributed by atoms with Crippen molar-refractivity contribution < 1.29 is 19.1 Å². The van der Waals surface area contributed by atoms with Gasteiger partial charge in [0, 0.05) is 11.3 Å². The summed E-state index contributed by atoms with van der Waals surface area (Å²) in [5.41, 5.74) is 2.41. The highest BCUT2D eigenvalue weighted by Gasteiger charge is 2.18. The van der Waals surface area contributed by atoms with E-state index in [2.05, 4.69) is 5.32 Å². The Balaban J connectivity index is 1.98. The molecule has 0 spiro atoms. The Hall–Kier alpha value is -2.82. The molecule has 2 aromatic rings. The van der Waals surface area contributed by atoms with Gasteiger partial charge in [-0.1, -0.05) is 32.0 Å². The number of hydrogen-bond acceptors (Lipinski definition) is 4. The quantitative estimate of drug-likeness (QED) is 0.690. The zero-order chi connectivity index (χ0) is 19.8. The number of para-hydroxylation sites is 1. The Morgan fingerprint density at radius 3 is 2.30 bits per heavy atom. The SMILES string of the molecule is CCc1ccccc1NC(=O)c1ccc(O[C@@H](C)C(=O)O[C@H](C)CC)cc1. The highest BCUT2D eigenvalue weighted by atomic mass is 16.6. The van der Waals surface area contributed by atoms with Crippen LogP contribution in [-0.4, -0.2) is 24.1 Å². The molecule has 2 atom stereocenters. The maximum Gasteiger partial charge on any atom is 0.347 e. The van der Waals surface area contributed by atoms with Crippen LogP contribution in [0.5, 0.6) is 5.75 Å². The second kappa shape index (κ2) is 9.76. The number of carbonyl (C=O) groups is 2. The van der Waals surface area contributed by atoms with Crippen LogP contribution in [0.25, 0.3) is 0 Å². The maximum absolute atomic E-state index is 12.5. The fourth-order valence-corrected chi connectivity index (χ4v) is 2.46. The van der Waals surface area contributed by atoms with E-state index in [9.17, 15) is 9.59 Å². The van der Waals surface area contributed by atoms with Gasteiger partial charge in [-0.3, -0.25) is 4.79 Å². The van der Waals surface area contributed by atoms with Crippen molar-refractivity contribution in [3.8, 4) is 5.75 Å². The summed E-state index contributed by atoms with van der Waals surface area (Å²) in [5, 5.41) is 2.93. The summed E-state index contributed by atoms with van der Waals surface area (Å²) in [6, 6.07) is 14.4. The molecular weight excluding hydrogens is 342 g/mol. The molecule has 0 unspecified atom stereocenters. The summed E-state index contributed by atoms with van der Waals surface area (Å²) in [6.45, 7) is 7.48. The fourth-order valence-electron chi connectivity index (χ4n) is 2.46. The lowest BCUT2D eigenvalue weighted by molar-refractivity contribution is -0.155. The lowest BCUT2D eigenvalue weighted by atomic mass is 10.1. The van der Waals surface area contributed by atoms with Crippen LogP contribution < -0.4 is 10.1 Å². The second-order valence-electron chi connectivity index (χ2n) is 6.41. The Bertz CT molecular complexity index is 770. The third kappa shape index (κ3) is 5.84. The van der Waals surface area contributed by atoms with Crippen molar-refractivity contribution in [3.05, 3.63) is 59.7 Å². The normalized spacial score (nSPS) is 12.7. The molecule has 0 aromatic heterocycles. The van der Waals surface area contributed by atoms with E-state index in [-0.39, 0.29) is 12.0 Å². The van der Waals surface area contributed by atoms with Crippen LogP contribution in [-0.2, 0) is 16.0 Å². The van der Waals surface area contributed by atoms with Gasteiger partial charge in [-0.2, -0.15) is 0 Å². The van der Waals surface area contributed by atoms with Crippen molar-refractivity contribution in [1.29, 1.82) is 0 Å². The van der Waals surface area contributed by atoms with Gasteiger partial charge in [-0.25, -0.2) is 4.79 Å². The molecule has 0 radical (unpaired) electrons. The molecule has 144 valence electrons. The van der Waals surface area contributed by atoms with E-state index in [4.69, 9.17) is 9.47 Å². The molecular formula is C22H27NO4. The van der Waals surface area contributed by atoms with E-state index >= 15 is 0 Å². The van der Waals surface area contributed by atoms with Gasteiger partial charge in [-0.05, 0) is 62.6 Å². The molecule has 1 amide bonds. The summed E-state index contributed by atoms with van der Waals surface area (Å²) in [5.74, 6) is -0.0804. The van der Waals surface area contributed by atoms with Crippen LogP contribution in [0, 0.1) is 0 Å².